The van der Waals surface area contributed by atoms with Crippen LogP contribution in [0.2, 0.25) is 25.1 Å². The molecule has 25 heavy (non-hydrogen) atoms. The molecule has 5 nitrogen and oxygen atoms in total. The Balaban J connectivity index is 1.73. The largest absolute Gasteiger partial charge is 0.323 e. The molecule has 0 atom stereocenters. The number of carbonyl (C=O) groups is 1. The molecule has 130 valence electrons. The second-order valence-electron chi connectivity index (χ2n) is 4.76. The maximum absolute atomic E-state index is 12.2. The number of fused-ring (bicyclic) bond motifs is 1. The normalized spacial score (nSPS) is 11.1. The molecule has 0 spiro atoms. The van der Waals surface area contributed by atoms with Crippen molar-refractivity contribution in [2.75, 3.05) is 11.1 Å². The Bertz CT molecular complexity index is 954. The van der Waals surface area contributed by atoms with Gasteiger partial charge in [-0.05, 0) is 18.2 Å². The zero-order valence-corrected chi connectivity index (χ0v) is 16.7. The van der Waals surface area contributed by atoms with E-state index in [0.29, 0.717) is 31.6 Å². The second-order valence-corrected chi connectivity index (χ2v) is 7.80. The second kappa shape index (κ2) is 7.78. The molecule has 0 aliphatic heterocycles. The minimum Gasteiger partial charge on any atom is -0.323 e. The molecular weight excluding hydrogens is 450 g/mol. The zero-order chi connectivity index (χ0) is 18.1. The molecule has 0 fully saturated rings. The number of benzene rings is 1. The summed E-state index contributed by atoms with van der Waals surface area (Å²) in [6, 6.07) is 4.56. The molecule has 0 radical (unpaired) electrons. The van der Waals surface area contributed by atoms with Crippen LogP contribution < -0.4 is 5.32 Å². The van der Waals surface area contributed by atoms with Gasteiger partial charge in [-0.3, -0.25) is 9.20 Å². The van der Waals surface area contributed by atoms with Crippen molar-refractivity contribution in [2.45, 2.75) is 5.16 Å². The van der Waals surface area contributed by atoms with E-state index >= 15 is 0 Å². The van der Waals surface area contributed by atoms with E-state index in [4.69, 9.17) is 58.0 Å². The average Bonchev–Trinajstić information content (AvgIpc) is 2.92. The lowest BCUT2D eigenvalue weighted by Gasteiger charge is -2.09. The molecule has 1 N–H and O–H groups in total. The molecule has 3 rings (SSSR count). The Labute approximate surface area is 171 Å². The third kappa shape index (κ3) is 4.27. The molecule has 1 aromatic carbocycles. The smallest absolute Gasteiger partial charge is 0.234 e. The van der Waals surface area contributed by atoms with Crippen LogP contribution in [0, 0.1) is 0 Å². The molecular formula is C14H7Cl5N4OS. The molecule has 2 heterocycles. The predicted octanol–water partition coefficient (Wildman–Crippen LogP) is 5.73. The SMILES string of the molecule is O=C(CSc1nnc2c(Cl)cc(Cl)cn12)Nc1c(Cl)cc(Cl)cc1Cl. The van der Waals surface area contributed by atoms with Crippen LogP contribution in [0.3, 0.4) is 0 Å². The highest BCUT2D eigenvalue weighted by molar-refractivity contribution is 7.99. The first kappa shape index (κ1) is 18.9. The Morgan fingerprint density at radius 2 is 1.64 bits per heavy atom. The van der Waals surface area contributed by atoms with Crippen molar-refractivity contribution in [3.8, 4) is 0 Å². The van der Waals surface area contributed by atoms with Crippen LogP contribution in [-0.4, -0.2) is 26.3 Å². The standard InChI is InChI=1S/C14H7Cl5N4OS/c15-6-1-8(17)12(9(18)2-6)20-11(24)5-25-14-22-21-13-10(19)3-7(16)4-23(13)14/h1-4H,5H2,(H,20,24). The Kier molecular flexibility index (Phi) is 5.88. The monoisotopic (exact) mass is 454 g/mol. The van der Waals surface area contributed by atoms with E-state index in [0.717, 1.165) is 11.8 Å². The molecule has 0 aliphatic rings. The number of nitrogens with zero attached hydrogens (tertiary/aromatic N) is 3. The first-order valence-corrected chi connectivity index (χ1v) is 9.49. The van der Waals surface area contributed by atoms with Crippen molar-refractivity contribution < 1.29 is 4.79 Å². The highest BCUT2D eigenvalue weighted by Gasteiger charge is 2.15. The minimum atomic E-state index is -0.319. The van der Waals surface area contributed by atoms with Gasteiger partial charge in [-0.15, -0.1) is 10.2 Å². The van der Waals surface area contributed by atoms with Gasteiger partial charge < -0.3 is 5.32 Å². The minimum absolute atomic E-state index is 0.0558. The molecule has 11 heteroatoms. The summed E-state index contributed by atoms with van der Waals surface area (Å²) in [7, 11) is 0. The van der Waals surface area contributed by atoms with Crippen LogP contribution in [0.5, 0.6) is 0 Å². The summed E-state index contributed by atoms with van der Waals surface area (Å²) in [4.78, 5) is 12.2. The number of halogens is 5. The quantitative estimate of drug-likeness (QED) is 0.510. The van der Waals surface area contributed by atoms with E-state index in [2.05, 4.69) is 15.5 Å². The van der Waals surface area contributed by atoms with Crippen LogP contribution in [-0.2, 0) is 4.79 Å². The van der Waals surface area contributed by atoms with E-state index in [9.17, 15) is 4.79 Å². The van der Waals surface area contributed by atoms with Crippen molar-refractivity contribution in [1.82, 2.24) is 14.6 Å². The van der Waals surface area contributed by atoms with Crippen molar-refractivity contribution in [3.05, 3.63) is 49.5 Å². The summed E-state index contributed by atoms with van der Waals surface area (Å²) in [6.45, 7) is 0. The molecule has 1 amide bonds. The number of amides is 1. The number of anilines is 1. The fraction of sp³-hybridized carbons (Fsp3) is 0.0714. The van der Waals surface area contributed by atoms with Gasteiger partial charge in [0.15, 0.2) is 10.8 Å². The van der Waals surface area contributed by atoms with E-state index in [1.807, 2.05) is 0 Å². The first-order valence-electron chi connectivity index (χ1n) is 6.62. The number of hydrogen-bond acceptors (Lipinski definition) is 4. The topological polar surface area (TPSA) is 59.3 Å². The van der Waals surface area contributed by atoms with Crippen molar-refractivity contribution in [2.24, 2.45) is 0 Å². The van der Waals surface area contributed by atoms with Gasteiger partial charge >= 0.3 is 0 Å². The summed E-state index contributed by atoms with van der Waals surface area (Å²) in [5.74, 6) is -0.263. The number of pyridine rings is 1. The molecule has 0 saturated carbocycles. The van der Waals surface area contributed by atoms with Crippen LogP contribution in [0.15, 0.2) is 29.6 Å². The van der Waals surface area contributed by atoms with Crippen molar-refractivity contribution >= 4 is 87.0 Å². The number of hydrogen-bond donors (Lipinski definition) is 1. The van der Waals surface area contributed by atoms with Crippen LogP contribution in [0.1, 0.15) is 0 Å². The highest BCUT2D eigenvalue weighted by Crippen LogP contribution is 2.34. The van der Waals surface area contributed by atoms with Crippen molar-refractivity contribution in [3.63, 3.8) is 0 Å². The summed E-state index contributed by atoms with van der Waals surface area (Å²) >= 11 is 31.1. The summed E-state index contributed by atoms with van der Waals surface area (Å²) in [6.07, 6.45) is 1.62. The fourth-order valence-corrected chi connectivity index (χ4v) is 4.10. The Morgan fingerprint density at radius 1 is 1.00 bits per heavy atom. The lowest BCUT2D eigenvalue weighted by Crippen LogP contribution is -2.15. The van der Waals surface area contributed by atoms with E-state index in [1.54, 1.807) is 16.7 Å². The van der Waals surface area contributed by atoms with Gasteiger partial charge in [0.1, 0.15) is 0 Å². The molecule has 3 aromatic rings. The van der Waals surface area contributed by atoms with Gasteiger partial charge in [-0.2, -0.15) is 0 Å². The van der Waals surface area contributed by atoms with Gasteiger partial charge in [0.25, 0.3) is 0 Å². The Morgan fingerprint density at radius 3 is 2.32 bits per heavy atom. The maximum atomic E-state index is 12.2. The average molecular weight is 457 g/mol. The van der Waals surface area contributed by atoms with E-state index < -0.39 is 0 Å². The lowest BCUT2D eigenvalue weighted by atomic mass is 10.3. The van der Waals surface area contributed by atoms with Gasteiger partial charge in [-0.25, -0.2) is 0 Å². The number of thioether (sulfide) groups is 1. The Hall–Kier alpha value is -0.890. The zero-order valence-electron chi connectivity index (χ0n) is 12.1. The molecule has 0 aliphatic carbocycles. The molecule has 2 aromatic heterocycles. The molecule has 0 saturated heterocycles. The number of nitrogens with one attached hydrogen (secondary N) is 1. The van der Waals surface area contributed by atoms with Gasteiger partial charge in [-0.1, -0.05) is 69.8 Å². The summed E-state index contributed by atoms with van der Waals surface area (Å²) in [5.41, 5.74) is 0.758. The van der Waals surface area contributed by atoms with Crippen LogP contribution in [0.4, 0.5) is 5.69 Å². The number of carbonyl (C=O) groups excluding carboxylic acids is 1. The number of aromatic nitrogens is 3. The summed E-state index contributed by atoms with van der Waals surface area (Å²) in [5, 5.41) is 12.8. The van der Waals surface area contributed by atoms with E-state index in [1.165, 1.54) is 12.1 Å². The van der Waals surface area contributed by atoms with Crippen LogP contribution in [0.25, 0.3) is 5.65 Å². The highest BCUT2D eigenvalue weighted by atomic mass is 35.5. The first-order chi connectivity index (χ1) is 11.8. The third-order valence-corrected chi connectivity index (χ3v) is 5.24. The molecule has 0 unspecified atom stereocenters. The molecule has 0 bridgehead atoms. The van der Waals surface area contributed by atoms with Gasteiger partial charge in [0, 0.05) is 11.2 Å². The van der Waals surface area contributed by atoms with Crippen LogP contribution >= 0.6 is 69.8 Å². The maximum Gasteiger partial charge on any atom is 0.234 e. The summed E-state index contributed by atoms with van der Waals surface area (Å²) < 4.78 is 1.62. The third-order valence-electron chi connectivity index (χ3n) is 3.00. The van der Waals surface area contributed by atoms with Crippen molar-refractivity contribution in [1.29, 1.82) is 0 Å². The van der Waals surface area contributed by atoms with E-state index in [-0.39, 0.29) is 21.7 Å². The number of rotatable bonds is 4. The fourth-order valence-electron chi connectivity index (χ4n) is 1.97. The lowest BCUT2D eigenvalue weighted by molar-refractivity contribution is -0.113. The van der Waals surface area contributed by atoms with Gasteiger partial charge in [0.2, 0.25) is 5.91 Å². The van der Waals surface area contributed by atoms with Gasteiger partial charge in [0.05, 0.1) is 31.5 Å². The predicted molar refractivity (Wildman–Crippen MR) is 104 cm³/mol.